The van der Waals surface area contributed by atoms with Gasteiger partial charge in [0.05, 0.1) is 10.8 Å². The zero-order chi connectivity index (χ0) is 19.4. The van der Waals surface area contributed by atoms with Crippen LogP contribution in [0.25, 0.3) is 11.1 Å². The van der Waals surface area contributed by atoms with E-state index < -0.39 is 27.7 Å². The summed E-state index contributed by atoms with van der Waals surface area (Å²) in [5.41, 5.74) is 1.54. The molecule has 1 amide bonds. The number of hydrogen-bond donors (Lipinski definition) is 1. The van der Waals surface area contributed by atoms with Crippen LogP contribution in [0.4, 0.5) is 4.39 Å². The van der Waals surface area contributed by atoms with E-state index in [4.69, 9.17) is 0 Å². The zero-order valence-electron chi connectivity index (χ0n) is 14.6. The molecule has 0 aromatic heterocycles. The van der Waals surface area contributed by atoms with Crippen LogP contribution in [0, 0.1) is 5.82 Å². The molecule has 3 aromatic carbocycles. The Morgan fingerprint density at radius 1 is 0.926 bits per heavy atom. The average Bonchev–Trinajstić information content (AvgIpc) is 2.68. The Labute approximate surface area is 157 Å². The highest BCUT2D eigenvalue weighted by molar-refractivity contribution is 7.90. The molecule has 0 heterocycles. The number of carbonyl (C=O) groups excluding carboxylic acids is 1. The topological polar surface area (TPSA) is 63.2 Å². The molecule has 0 spiro atoms. The second-order valence-corrected chi connectivity index (χ2v) is 7.79. The molecule has 0 aliphatic rings. The van der Waals surface area contributed by atoms with Crippen LogP contribution >= 0.6 is 0 Å². The first kappa shape index (κ1) is 18.8. The minimum absolute atomic E-state index is 0.00356. The monoisotopic (exact) mass is 383 g/mol. The highest BCUT2D eigenvalue weighted by atomic mass is 32.2. The second kappa shape index (κ2) is 7.72. The van der Waals surface area contributed by atoms with Crippen molar-refractivity contribution in [1.82, 2.24) is 4.72 Å². The van der Waals surface area contributed by atoms with E-state index in [9.17, 15) is 17.6 Å². The predicted molar refractivity (Wildman–Crippen MR) is 102 cm³/mol. The standard InChI is InChI=1S/C21H18FNO3S/c1-15(21(24)23-27(25,26)18-10-6-3-7-11-18)17-12-13-19(20(22)14-17)16-8-4-2-5-9-16/h2-15H,1H3,(H,23,24)/t15-/m1/s1. The molecule has 0 fully saturated rings. The minimum Gasteiger partial charge on any atom is -0.273 e. The zero-order valence-corrected chi connectivity index (χ0v) is 15.4. The predicted octanol–water partition coefficient (Wildman–Crippen LogP) is 4.10. The van der Waals surface area contributed by atoms with Gasteiger partial charge < -0.3 is 0 Å². The lowest BCUT2D eigenvalue weighted by Crippen LogP contribution is -2.33. The van der Waals surface area contributed by atoms with Gasteiger partial charge in [0.15, 0.2) is 0 Å². The Balaban J connectivity index is 1.80. The molecule has 27 heavy (non-hydrogen) atoms. The van der Waals surface area contributed by atoms with E-state index in [0.717, 1.165) is 5.56 Å². The third kappa shape index (κ3) is 4.23. The van der Waals surface area contributed by atoms with Crippen molar-refractivity contribution in [3.05, 3.63) is 90.2 Å². The van der Waals surface area contributed by atoms with Gasteiger partial charge in [-0.3, -0.25) is 4.79 Å². The van der Waals surface area contributed by atoms with E-state index in [2.05, 4.69) is 0 Å². The number of amides is 1. The molecule has 1 atom stereocenters. The maximum absolute atomic E-state index is 14.5. The number of halogens is 1. The molecular weight excluding hydrogens is 365 g/mol. The average molecular weight is 383 g/mol. The SMILES string of the molecule is C[C@@H](C(=O)NS(=O)(=O)c1ccccc1)c1ccc(-c2ccccc2)c(F)c1. The highest BCUT2D eigenvalue weighted by Crippen LogP contribution is 2.26. The quantitative estimate of drug-likeness (QED) is 0.721. The van der Waals surface area contributed by atoms with Crippen molar-refractivity contribution in [2.24, 2.45) is 0 Å². The molecule has 4 nitrogen and oxygen atoms in total. The summed E-state index contributed by atoms with van der Waals surface area (Å²) < 4.78 is 41.1. The number of nitrogens with one attached hydrogen (secondary N) is 1. The van der Waals surface area contributed by atoms with Crippen LogP contribution in [0.5, 0.6) is 0 Å². The molecule has 0 unspecified atom stereocenters. The van der Waals surface area contributed by atoms with Crippen LogP contribution in [-0.2, 0) is 14.8 Å². The minimum atomic E-state index is -3.97. The Morgan fingerprint density at radius 3 is 2.11 bits per heavy atom. The molecule has 0 aliphatic heterocycles. The molecule has 6 heteroatoms. The highest BCUT2D eigenvalue weighted by Gasteiger charge is 2.23. The first-order valence-corrected chi connectivity index (χ1v) is 9.83. The van der Waals surface area contributed by atoms with Gasteiger partial charge in [0.2, 0.25) is 5.91 Å². The lowest BCUT2D eigenvalue weighted by Gasteiger charge is -2.14. The van der Waals surface area contributed by atoms with Crippen LogP contribution in [-0.4, -0.2) is 14.3 Å². The van der Waals surface area contributed by atoms with E-state index in [1.807, 2.05) is 22.9 Å². The fourth-order valence-electron chi connectivity index (χ4n) is 2.68. The van der Waals surface area contributed by atoms with Gasteiger partial charge in [-0.2, -0.15) is 0 Å². The lowest BCUT2D eigenvalue weighted by atomic mass is 9.96. The van der Waals surface area contributed by atoms with Gasteiger partial charge in [-0.1, -0.05) is 60.7 Å². The van der Waals surface area contributed by atoms with Gasteiger partial charge in [-0.25, -0.2) is 17.5 Å². The maximum Gasteiger partial charge on any atom is 0.264 e. The van der Waals surface area contributed by atoms with E-state index >= 15 is 0 Å². The van der Waals surface area contributed by atoms with Gasteiger partial charge in [0.1, 0.15) is 5.82 Å². The molecule has 1 N–H and O–H groups in total. The summed E-state index contributed by atoms with van der Waals surface area (Å²) in [7, 11) is -3.97. The van der Waals surface area contributed by atoms with Crippen molar-refractivity contribution in [2.75, 3.05) is 0 Å². The molecular formula is C21H18FNO3S. The van der Waals surface area contributed by atoms with Crippen molar-refractivity contribution < 1.29 is 17.6 Å². The van der Waals surface area contributed by atoms with Crippen LogP contribution in [0.3, 0.4) is 0 Å². The van der Waals surface area contributed by atoms with Gasteiger partial charge in [-0.05, 0) is 36.2 Å². The summed E-state index contributed by atoms with van der Waals surface area (Å²) in [5, 5.41) is 0. The Bertz CT molecular complexity index is 1050. The van der Waals surface area contributed by atoms with Crippen LogP contribution < -0.4 is 4.72 Å². The molecule has 3 aromatic rings. The van der Waals surface area contributed by atoms with Crippen molar-refractivity contribution in [1.29, 1.82) is 0 Å². The number of rotatable bonds is 5. The maximum atomic E-state index is 14.5. The van der Waals surface area contributed by atoms with Crippen molar-refractivity contribution in [3.8, 4) is 11.1 Å². The summed E-state index contributed by atoms with van der Waals surface area (Å²) in [6.07, 6.45) is 0. The third-order valence-corrected chi connectivity index (χ3v) is 5.62. The third-order valence-electron chi connectivity index (χ3n) is 4.26. The van der Waals surface area contributed by atoms with E-state index in [1.54, 1.807) is 42.5 Å². The Morgan fingerprint density at radius 2 is 1.52 bits per heavy atom. The lowest BCUT2D eigenvalue weighted by molar-refractivity contribution is -0.120. The van der Waals surface area contributed by atoms with Crippen molar-refractivity contribution in [2.45, 2.75) is 17.7 Å². The number of carbonyl (C=O) groups is 1. The molecule has 3 rings (SSSR count). The van der Waals surface area contributed by atoms with E-state index in [0.29, 0.717) is 11.1 Å². The summed E-state index contributed by atoms with van der Waals surface area (Å²) in [4.78, 5) is 12.4. The fraction of sp³-hybridized carbons (Fsp3) is 0.0952. The largest absolute Gasteiger partial charge is 0.273 e. The summed E-state index contributed by atoms with van der Waals surface area (Å²) >= 11 is 0. The van der Waals surface area contributed by atoms with Gasteiger partial charge in [-0.15, -0.1) is 0 Å². The van der Waals surface area contributed by atoms with E-state index in [-0.39, 0.29) is 4.90 Å². The molecule has 0 aliphatic carbocycles. The molecule has 0 saturated carbocycles. The van der Waals surface area contributed by atoms with Gasteiger partial charge in [0, 0.05) is 5.56 Å². The molecule has 0 saturated heterocycles. The molecule has 0 radical (unpaired) electrons. The van der Waals surface area contributed by atoms with Crippen molar-refractivity contribution >= 4 is 15.9 Å². The van der Waals surface area contributed by atoms with Crippen LogP contribution in [0.15, 0.2) is 83.8 Å². The van der Waals surface area contributed by atoms with Crippen molar-refractivity contribution in [3.63, 3.8) is 0 Å². The smallest absolute Gasteiger partial charge is 0.264 e. The first-order valence-electron chi connectivity index (χ1n) is 8.35. The first-order chi connectivity index (χ1) is 12.9. The van der Waals surface area contributed by atoms with E-state index in [1.165, 1.54) is 25.1 Å². The summed E-state index contributed by atoms with van der Waals surface area (Å²) in [6, 6.07) is 21.2. The normalized spacial score (nSPS) is 12.4. The Hall–Kier alpha value is -2.99. The Kier molecular flexibility index (Phi) is 5.37. The summed E-state index contributed by atoms with van der Waals surface area (Å²) in [5.74, 6) is -2.02. The molecule has 0 bridgehead atoms. The second-order valence-electron chi connectivity index (χ2n) is 6.11. The van der Waals surface area contributed by atoms with Gasteiger partial charge in [0.25, 0.3) is 10.0 Å². The summed E-state index contributed by atoms with van der Waals surface area (Å²) in [6.45, 7) is 1.53. The number of hydrogen-bond acceptors (Lipinski definition) is 3. The fourth-order valence-corrected chi connectivity index (χ4v) is 3.76. The molecule has 138 valence electrons. The number of sulfonamides is 1. The number of benzene rings is 3. The van der Waals surface area contributed by atoms with Crippen LogP contribution in [0.1, 0.15) is 18.4 Å². The van der Waals surface area contributed by atoms with Crippen LogP contribution in [0.2, 0.25) is 0 Å². The van der Waals surface area contributed by atoms with Gasteiger partial charge >= 0.3 is 0 Å².